The van der Waals surface area contributed by atoms with E-state index in [1.54, 1.807) is 12.1 Å². The minimum atomic E-state index is -0.281. The zero-order valence-corrected chi connectivity index (χ0v) is 16.5. The number of halogens is 1. The SMILES string of the molecule is O=C(Cn1cnc2cc(-c3ccccc3)sc2c1=O)Nc1cccc(Br)c1. The number of fused-ring (bicyclic) bond motifs is 1. The highest BCUT2D eigenvalue weighted by Crippen LogP contribution is 2.30. The first-order valence-corrected chi connectivity index (χ1v) is 9.81. The minimum absolute atomic E-state index is 0.0904. The lowest BCUT2D eigenvalue weighted by Gasteiger charge is -2.07. The van der Waals surface area contributed by atoms with Gasteiger partial charge in [0.25, 0.3) is 5.56 Å². The van der Waals surface area contributed by atoms with Crippen LogP contribution in [0.4, 0.5) is 5.69 Å². The van der Waals surface area contributed by atoms with Crippen LogP contribution < -0.4 is 10.9 Å². The summed E-state index contributed by atoms with van der Waals surface area (Å²) in [6, 6.07) is 19.1. The molecular formula is C20H14BrN3O2S. The summed E-state index contributed by atoms with van der Waals surface area (Å²) < 4.78 is 2.75. The van der Waals surface area contributed by atoms with E-state index >= 15 is 0 Å². The molecule has 4 aromatic rings. The van der Waals surface area contributed by atoms with Crippen molar-refractivity contribution in [2.45, 2.75) is 6.54 Å². The smallest absolute Gasteiger partial charge is 0.271 e. The van der Waals surface area contributed by atoms with Gasteiger partial charge in [0, 0.05) is 15.0 Å². The molecule has 0 spiro atoms. The highest BCUT2D eigenvalue weighted by molar-refractivity contribution is 9.10. The number of aromatic nitrogens is 2. The Labute approximate surface area is 167 Å². The van der Waals surface area contributed by atoms with Crippen molar-refractivity contribution < 1.29 is 4.79 Å². The maximum absolute atomic E-state index is 12.8. The molecule has 134 valence electrons. The molecule has 0 bridgehead atoms. The number of nitrogens with zero attached hydrogens (tertiary/aromatic N) is 2. The van der Waals surface area contributed by atoms with E-state index in [2.05, 4.69) is 26.2 Å². The van der Waals surface area contributed by atoms with Crippen LogP contribution in [0.2, 0.25) is 0 Å². The topological polar surface area (TPSA) is 64.0 Å². The number of rotatable bonds is 4. The van der Waals surface area contributed by atoms with Gasteiger partial charge in [-0.15, -0.1) is 11.3 Å². The number of thiophene rings is 1. The van der Waals surface area contributed by atoms with E-state index in [0.29, 0.717) is 15.9 Å². The normalized spacial score (nSPS) is 10.9. The average Bonchev–Trinajstić information content (AvgIpc) is 3.10. The van der Waals surface area contributed by atoms with E-state index in [1.807, 2.05) is 48.5 Å². The third kappa shape index (κ3) is 3.84. The van der Waals surface area contributed by atoms with Crippen molar-refractivity contribution in [3.8, 4) is 10.4 Å². The van der Waals surface area contributed by atoms with Crippen molar-refractivity contribution in [1.29, 1.82) is 0 Å². The first-order chi connectivity index (χ1) is 13.1. The van der Waals surface area contributed by atoms with Gasteiger partial charge < -0.3 is 5.32 Å². The van der Waals surface area contributed by atoms with Crippen molar-refractivity contribution in [2.75, 3.05) is 5.32 Å². The largest absolute Gasteiger partial charge is 0.324 e. The maximum Gasteiger partial charge on any atom is 0.271 e. The van der Waals surface area contributed by atoms with Crippen LogP contribution in [-0.2, 0) is 11.3 Å². The Balaban J connectivity index is 1.60. The van der Waals surface area contributed by atoms with Gasteiger partial charge in [0.2, 0.25) is 5.91 Å². The van der Waals surface area contributed by atoms with E-state index in [1.165, 1.54) is 22.2 Å². The molecule has 27 heavy (non-hydrogen) atoms. The molecule has 2 aromatic heterocycles. The third-order valence-corrected chi connectivity index (χ3v) is 5.64. The summed E-state index contributed by atoms with van der Waals surface area (Å²) in [6.07, 6.45) is 1.42. The van der Waals surface area contributed by atoms with Crippen LogP contribution in [0.5, 0.6) is 0 Å². The fourth-order valence-electron chi connectivity index (χ4n) is 2.72. The monoisotopic (exact) mass is 439 g/mol. The lowest BCUT2D eigenvalue weighted by molar-refractivity contribution is -0.116. The van der Waals surface area contributed by atoms with Crippen LogP contribution in [-0.4, -0.2) is 15.5 Å². The van der Waals surface area contributed by atoms with Crippen molar-refractivity contribution in [2.24, 2.45) is 0 Å². The molecule has 1 N–H and O–H groups in total. The van der Waals surface area contributed by atoms with Gasteiger partial charge in [-0.25, -0.2) is 4.98 Å². The molecule has 0 aliphatic rings. The fraction of sp³-hybridized carbons (Fsp3) is 0.0500. The average molecular weight is 440 g/mol. The van der Waals surface area contributed by atoms with Crippen LogP contribution in [0.25, 0.3) is 20.7 Å². The first kappa shape index (κ1) is 17.6. The number of hydrogen-bond acceptors (Lipinski definition) is 4. The second-order valence-electron chi connectivity index (χ2n) is 5.93. The molecule has 2 aromatic carbocycles. The van der Waals surface area contributed by atoms with E-state index in [0.717, 1.165) is 14.9 Å². The lowest BCUT2D eigenvalue weighted by Crippen LogP contribution is -2.27. The van der Waals surface area contributed by atoms with Gasteiger partial charge >= 0.3 is 0 Å². The summed E-state index contributed by atoms with van der Waals surface area (Å²) in [7, 11) is 0. The van der Waals surface area contributed by atoms with Crippen LogP contribution in [0.1, 0.15) is 0 Å². The number of carbonyl (C=O) groups is 1. The van der Waals surface area contributed by atoms with Crippen LogP contribution in [0.3, 0.4) is 0 Å². The molecule has 1 amide bonds. The lowest BCUT2D eigenvalue weighted by atomic mass is 10.2. The summed E-state index contributed by atoms with van der Waals surface area (Å²) in [6.45, 7) is -0.0904. The molecule has 0 aliphatic carbocycles. The highest BCUT2D eigenvalue weighted by Gasteiger charge is 2.12. The Hall–Kier alpha value is -2.77. The summed E-state index contributed by atoms with van der Waals surface area (Å²) in [4.78, 5) is 30.4. The summed E-state index contributed by atoms with van der Waals surface area (Å²) >= 11 is 4.75. The highest BCUT2D eigenvalue weighted by atomic mass is 79.9. The summed E-state index contributed by atoms with van der Waals surface area (Å²) in [5.41, 5.74) is 2.14. The molecule has 5 nitrogen and oxygen atoms in total. The van der Waals surface area contributed by atoms with Crippen molar-refractivity contribution in [3.05, 3.63) is 81.8 Å². The molecular weight excluding hydrogens is 426 g/mol. The van der Waals surface area contributed by atoms with E-state index in [-0.39, 0.29) is 18.0 Å². The first-order valence-electron chi connectivity index (χ1n) is 8.20. The van der Waals surface area contributed by atoms with Crippen molar-refractivity contribution >= 4 is 49.1 Å². The molecule has 0 unspecified atom stereocenters. The molecule has 0 aliphatic heterocycles. The van der Waals surface area contributed by atoms with Gasteiger partial charge in [-0.1, -0.05) is 52.3 Å². The molecule has 4 rings (SSSR count). The van der Waals surface area contributed by atoms with Gasteiger partial charge in [-0.2, -0.15) is 0 Å². The van der Waals surface area contributed by atoms with Gasteiger partial charge in [-0.3, -0.25) is 14.2 Å². The van der Waals surface area contributed by atoms with Crippen LogP contribution in [0.15, 0.2) is 76.3 Å². The Bertz CT molecular complexity index is 1180. The molecule has 0 radical (unpaired) electrons. The zero-order chi connectivity index (χ0) is 18.8. The van der Waals surface area contributed by atoms with Crippen LogP contribution in [0, 0.1) is 0 Å². The molecule has 0 fully saturated rings. The Morgan fingerprint density at radius 2 is 1.93 bits per heavy atom. The summed E-state index contributed by atoms with van der Waals surface area (Å²) in [5.74, 6) is -0.281. The number of benzene rings is 2. The molecule has 0 saturated carbocycles. The van der Waals surface area contributed by atoms with Gasteiger partial charge in [-0.05, 0) is 29.8 Å². The second kappa shape index (κ2) is 7.46. The second-order valence-corrected chi connectivity index (χ2v) is 7.90. The molecule has 7 heteroatoms. The maximum atomic E-state index is 12.8. The molecule has 2 heterocycles. The fourth-order valence-corrected chi connectivity index (χ4v) is 4.19. The Morgan fingerprint density at radius 1 is 1.11 bits per heavy atom. The van der Waals surface area contributed by atoms with Gasteiger partial charge in [0.1, 0.15) is 11.2 Å². The van der Waals surface area contributed by atoms with E-state index in [4.69, 9.17) is 0 Å². The number of anilines is 1. The quantitative estimate of drug-likeness (QED) is 0.508. The molecule has 0 atom stereocenters. The van der Waals surface area contributed by atoms with Crippen LogP contribution >= 0.6 is 27.3 Å². The van der Waals surface area contributed by atoms with Crippen molar-refractivity contribution in [1.82, 2.24) is 9.55 Å². The van der Waals surface area contributed by atoms with E-state index in [9.17, 15) is 9.59 Å². The minimum Gasteiger partial charge on any atom is -0.324 e. The Kier molecular flexibility index (Phi) is 4.87. The van der Waals surface area contributed by atoms with Gasteiger partial charge in [0.15, 0.2) is 0 Å². The predicted molar refractivity (Wildman–Crippen MR) is 112 cm³/mol. The standard InChI is InChI=1S/C20H14BrN3O2S/c21-14-7-4-8-15(9-14)23-18(25)11-24-12-22-16-10-17(27-19(16)20(24)26)13-5-2-1-3-6-13/h1-10,12H,11H2,(H,23,25). The van der Waals surface area contributed by atoms with Gasteiger partial charge in [0.05, 0.1) is 11.8 Å². The molecule has 0 saturated heterocycles. The third-order valence-electron chi connectivity index (χ3n) is 3.98. The van der Waals surface area contributed by atoms with E-state index < -0.39 is 0 Å². The number of hydrogen-bond donors (Lipinski definition) is 1. The Morgan fingerprint density at radius 3 is 2.70 bits per heavy atom. The summed E-state index contributed by atoms with van der Waals surface area (Å²) in [5, 5.41) is 2.78. The number of carbonyl (C=O) groups excluding carboxylic acids is 1. The predicted octanol–water partition coefficient (Wildman–Crippen LogP) is 4.53. The number of nitrogens with one attached hydrogen (secondary N) is 1. The zero-order valence-electron chi connectivity index (χ0n) is 14.1. The number of amides is 1. The van der Waals surface area contributed by atoms with Crippen molar-refractivity contribution in [3.63, 3.8) is 0 Å².